The lowest BCUT2D eigenvalue weighted by atomic mass is 9.71. The first-order chi connectivity index (χ1) is 9.04. The van der Waals surface area contributed by atoms with Crippen LogP contribution in [0.3, 0.4) is 0 Å². The summed E-state index contributed by atoms with van der Waals surface area (Å²) in [5.41, 5.74) is -0.627. The molecule has 1 aromatic carbocycles. The van der Waals surface area contributed by atoms with Gasteiger partial charge in [0.1, 0.15) is 15.7 Å². The van der Waals surface area contributed by atoms with Crippen LogP contribution >= 0.6 is 11.3 Å². The predicted octanol–water partition coefficient (Wildman–Crippen LogP) is 1.42. The summed E-state index contributed by atoms with van der Waals surface area (Å²) in [5, 5.41) is 10.8. The SMILES string of the molecule is [B]C([B])(O)N1CCC(c2nc3ccccc3s2)CC1. The number of nitrogens with zero attached hydrogens (tertiary/aromatic N) is 2. The fraction of sp³-hybridized carbons (Fsp3) is 0.462. The van der Waals surface area contributed by atoms with Gasteiger partial charge in [-0.15, -0.1) is 11.3 Å². The summed E-state index contributed by atoms with van der Waals surface area (Å²) in [6.07, 6.45) is 1.85. The van der Waals surface area contributed by atoms with Crippen molar-refractivity contribution in [2.75, 3.05) is 13.1 Å². The molecule has 0 amide bonds. The van der Waals surface area contributed by atoms with Crippen LogP contribution < -0.4 is 0 Å². The topological polar surface area (TPSA) is 36.4 Å². The van der Waals surface area contributed by atoms with Gasteiger partial charge in [0.25, 0.3) is 0 Å². The van der Waals surface area contributed by atoms with Crippen molar-refractivity contribution in [3.05, 3.63) is 29.3 Å². The molecule has 1 saturated heterocycles. The third-order valence-electron chi connectivity index (χ3n) is 3.66. The van der Waals surface area contributed by atoms with Crippen LogP contribution in [0.4, 0.5) is 0 Å². The Kier molecular flexibility index (Phi) is 3.41. The first kappa shape index (κ1) is 13.2. The Morgan fingerprint density at radius 2 is 1.95 bits per heavy atom. The molecule has 2 heterocycles. The molecule has 2 aromatic rings. The number of para-hydroxylation sites is 1. The number of aliphatic hydroxyl groups is 1. The number of likely N-dealkylation sites (tertiary alicyclic amines) is 1. The van der Waals surface area contributed by atoms with Crippen molar-refractivity contribution in [2.45, 2.75) is 24.3 Å². The van der Waals surface area contributed by atoms with Gasteiger partial charge in [0.05, 0.1) is 15.2 Å². The molecule has 0 bridgehead atoms. The summed E-state index contributed by atoms with van der Waals surface area (Å²) in [5.74, 6) is 0.441. The van der Waals surface area contributed by atoms with E-state index in [0.717, 1.165) is 18.4 Å². The molecular weight excluding hydrogens is 254 g/mol. The maximum atomic E-state index is 9.58. The molecule has 0 saturated carbocycles. The van der Waals surface area contributed by atoms with Crippen molar-refractivity contribution < 1.29 is 5.11 Å². The van der Waals surface area contributed by atoms with Crippen LogP contribution in [0, 0.1) is 0 Å². The number of benzene rings is 1. The number of hydrogen-bond donors (Lipinski definition) is 1. The molecule has 94 valence electrons. The summed E-state index contributed by atoms with van der Waals surface area (Å²) in [7, 11) is 11.0. The van der Waals surface area contributed by atoms with Gasteiger partial charge in [-0.3, -0.25) is 4.90 Å². The normalized spacial score (nSPS) is 19.0. The molecule has 0 aliphatic carbocycles. The third-order valence-corrected chi connectivity index (χ3v) is 4.86. The van der Waals surface area contributed by atoms with E-state index in [1.165, 1.54) is 9.71 Å². The molecule has 1 aromatic heterocycles. The lowest BCUT2D eigenvalue weighted by molar-refractivity contribution is 0.0141. The second kappa shape index (κ2) is 4.93. The van der Waals surface area contributed by atoms with Gasteiger partial charge in [-0.25, -0.2) is 4.98 Å². The Bertz CT molecular complexity index is 540. The van der Waals surface area contributed by atoms with Crippen molar-refractivity contribution in [3.8, 4) is 0 Å². The van der Waals surface area contributed by atoms with Crippen LogP contribution in [0.15, 0.2) is 24.3 Å². The molecule has 1 aliphatic heterocycles. The number of rotatable bonds is 2. The lowest BCUT2D eigenvalue weighted by Gasteiger charge is -2.40. The van der Waals surface area contributed by atoms with Gasteiger partial charge in [0.2, 0.25) is 0 Å². The maximum absolute atomic E-state index is 9.58. The average Bonchev–Trinajstić information content (AvgIpc) is 2.81. The summed E-state index contributed by atoms with van der Waals surface area (Å²) in [6.45, 7) is 1.40. The quantitative estimate of drug-likeness (QED) is 0.837. The van der Waals surface area contributed by atoms with Gasteiger partial charge < -0.3 is 5.11 Å². The van der Waals surface area contributed by atoms with Crippen molar-refractivity contribution in [2.24, 2.45) is 0 Å². The lowest BCUT2D eigenvalue weighted by Crippen LogP contribution is -2.52. The molecule has 0 atom stereocenters. The Balaban J connectivity index is 1.74. The van der Waals surface area contributed by atoms with Crippen molar-refractivity contribution >= 4 is 37.2 Å². The van der Waals surface area contributed by atoms with E-state index in [9.17, 15) is 5.11 Å². The number of piperidine rings is 1. The van der Waals surface area contributed by atoms with E-state index in [0.29, 0.717) is 19.0 Å². The Morgan fingerprint density at radius 1 is 1.26 bits per heavy atom. The van der Waals surface area contributed by atoms with Gasteiger partial charge in [0.15, 0.2) is 0 Å². The number of fused-ring (bicyclic) bond motifs is 1. The van der Waals surface area contributed by atoms with Crippen LogP contribution in [0.2, 0.25) is 0 Å². The van der Waals surface area contributed by atoms with E-state index < -0.39 is 5.52 Å². The Morgan fingerprint density at radius 3 is 2.58 bits per heavy atom. The zero-order valence-electron chi connectivity index (χ0n) is 10.6. The molecule has 3 rings (SSSR count). The van der Waals surface area contributed by atoms with Crippen LogP contribution in [0.25, 0.3) is 10.2 Å². The Labute approximate surface area is 119 Å². The van der Waals surface area contributed by atoms with Crippen molar-refractivity contribution in [3.63, 3.8) is 0 Å². The average molecular weight is 268 g/mol. The minimum Gasteiger partial charge on any atom is -0.395 e. The smallest absolute Gasteiger partial charge is 0.120 e. The van der Waals surface area contributed by atoms with E-state index in [-0.39, 0.29) is 0 Å². The van der Waals surface area contributed by atoms with Gasteiger partial charge in [-0.1, -0.05) is 12.1 Å². The van der Waals surface area contributed by atoms with Crippen molar-refractivity contribution in [1.29, 1.82) is 0 Å². The van der Waals surface area contributed by atoms with Gasteiger partial charge in [-0.2, -0.15) is 0 Å². The molecule has 1 aliphatic rings. The first-order valence-electron chi connectivity index (χ1n) is 6.45. The van der Waals surface area contributed by atoms with E-state index in [1.54, 1.807) is 16.2 Å². The fourth-order valence-corrected chi connectivity index (χ4v) is 3.69. The molecule has 0 spiro atoms. The minimum atomic E-state index is -1.70. The summed E-state index contributed by atoms with van der Waals surface area (Å²) >= 11 is 1.76. The Hall–Kier alpha value is -0.840. The first-order valence-corrected chi connectivity index (χ1v) is 7.26. The van der Waals surface area contributed by atoms with E-state index in [1.807, 2.05) is 18.2 Å². The van der Waals surface area contributed by atoms with Gasteiger partial charge in [0, 0.05) is 11.4 Å². The van der Waals surface area contributed by atoms with Crippen LogP contribution in [0.5, 0.6) is 0 Å². The number of hydrogen-bond acceptors (Lipinski definition) is 4. The molecule has 0 unspecified atom stereocenters. The monoisotopic (exact) mass is 268 g/mol. The van der Waals surface area contributed by atoms with Crippen molar-refractivity contribution in [1.82, 2.24) is 9.88 Å². The van der Waals surface area contributed by atoms with Crippen LogP contribution in [0.1, 0.15) is 23.8 Å². The number of thiazole rings is 1. The zero-order valence-corrected chi connectivity index (χ0v) is 11.4. The summed E-state index contributed by atoms with van der Waals surface area (Å²) < 4.78 is 1.23. The zero-order chi connectivity index (χ0) is 13.5. The largest absolute Gasteiger partial charge is 0.395 e. The molecule has 1 N–H and O–H groups in total. The molecule has 19 heavy (non-hydrogen) atoms. The van der Waals surface area contributed by atoms with E-state index >= 15 is 0 Å². The molecular formula is C13H14B2N2OS. The van der Waals surface area contributed by atoms with Crippen LogP contribution in [-0.4, -0.2) is 49.3 Å². The summed E-state index contributed by atoms with van der Waals surface area (Å²) in [6, 6.07) is 8.19. The molecule has 6 heteroatoms. The summed E-state index contributed by atoms with van der Waals surface area (Å²) in [4.78, 5) is 6.40. The van der Waals surface area contributed by atoms with E-state index in [4.69, 9.17) is 20.7 Å². The highest BCUT2D eigenvalue weighted by molar-refractivity contribution is 7.18. The second-order valence-electron chi connectivity index (χ2n) is 5.06. The van der Waals surface area contributed by atoms with Gasteiger partial charge in [-0.05, 0) is 38.1 Å². The maximum Gasteiger partial charge on any atom is 0.120 e. The molecule has 4 radical (unpaired) electrons. The fourth-order valence-electron chi connectivity index (χ4n) is 2.55. The highest BCUT2D eigenvalue weighted by Crippen LogP contribution is 2.34. The highest BCUT2D eigenvalue weighted by Gasteiger charge is 2.29. The number of aromatic nitrogens is 1. The third kappa shape index (κ3) is 2.71. The second-order valence-corrected chi connectivity index (χ2v) is 6.13. The van der Waals surface area contributed by atoms with Crippen LogP contribution in [-0.2, 0) is 0 Å². The highest BCUT2D eigenvalue weighted by atomic mass is 32.1. The standard InChI is InChI=1S/C13H14B2N2OS/c14-13(15,18)17-7-5-9(6-8-17)12-16-10-3-1-2-4-11(10)19-12/h1-4,9,18H,5-8H2. The minimum absolute atomic E-state index is 0.441. The predicted molar refractivity (Wildman–Crippen MR) is 79.6 cm³/mol. The molecule has 3 nitrogen and oxygen atoms in total. The van der Waals surface area contributed by atoms with Gasteiger partial charge >= 0.3 is 0 Å². The molecule has 1 fully saturated rings. The van der Waals surface area contributed by atoms with E-state index in [2.05, 4.69) is 6.07 Å².